The maximum atomic E-state index is 12.9. The van der Waals surface area contributed by atoms with Gasteiger partial charge in [0, 0.05) is 32.7 Å². The van der Waals surface area contributed by atoms with Crippen molar-refractivity contribution in [3.05, 3.63) is 53.6 Å². The third kappa shape index (κ3) is 5.34. The Morgan fingerprint density at radius 2 is 1.55 bits per heavy atom. The average Bonchev–Trinajstić information content (AvgIpc) is 2.79. The van der Waals surface area contributed by atoms with Gasteiger partial charge in [-0.2, -0.15) is 4.31 Å². The average molecular weight is 467 g/mol. The molecule has 6 nitrogen and oxygen atoms in total. The van der Waals surface area contributed by atoms with E-state index in [9.17, 15) is 8.42 Å². The zero-order valence-electron chi connectivity index (χ0n) is 18.1. The highest BCUT2D eigenvalue weighted by Crippen LogP contribution is 2.28. The molecule has 1 saturated heterocycles. The molecule has 0 aromatic heterocycles. The van der Waals surface area contributed by atoms with Crippen molar-refractivity contribution in [1.82, 2.24) is 9.21 Å². The van der Waals surface area contributed by atoms with Crippen molar-refractivity contribution in [2.45, 2.75) is 30.7 Å². The van der Waals surface area contributed by atoms with E-state index in [0.29, 0.717) is 29.7 Å². The molecule has 2 aromatic rings. The van der Waals surface area contributed by atoms with Crippen LogP contribution in [0, 0.1) is 5.92 Å². The summed E-state index contributed by atoms with van der Waals surface area (Å²) in [6.45, 7) is 4.21. The number of fused-ring (bicyclic) bond motifs is 1. The lowest BCUT2D eigenvalue weighted by molar-refractivity contribution is 0.171. The van der Waals surface area contributed by atoms with E-state index in [2.05, 4.69) is 17.0 Å². The summed E-state index contributed by atoms with van der Waals surface area (Å²) in [6.07, 6.45) is 2.85. The van der Waals surface area contributed by atoms with Crippen LogP contribution in [-0.4, -0.2) is 58.0 Å². The van der Waals surface area contributed by atoms with E-state index in [4.69, 9.17) is 9.47 Å². The first-order valence-electron chi connectivity index (χ1n) is 10.5. The van der Waals surface area contributed by atoms with Gasteiger partial charge in [0.15, 0.2) is 0 Å². The Morgan fingerprint density at radius 3 is 2.19 bits per heavy atom. The first-order chi connectivity index (χ1) is 14.5. The molecule has 0 saturated carbocycles. The van der Waals surface area contributed by atoms with Crippen LogP contribution < -0.4 is 9.47 Å². The van der Waals surface area contributed by atoms with Gasteiger partial charge in [0.2, 0.25) is 10.0 Å². The molecule has 4 rings (SSSR count). The van der Waals surface area contributed by atoms with Crippen LogP contribution >= 0.6 is 12.4 Å². The summed E-state index contributed by atoms with van der Waals surface area (Å²) in [5, 5.41) is 0. The molecule has 8 heteroatoms. The van der Waals surface area contributed by atoms with Crippen LogP contribution in [0.3, 0.4) is 0 Å². The lowest BCUT2D eigenvalue weighted by Crippen LogP contribution is -2.42. The number of piperidine rings is 1. The molecule has 2 aliphatic rings. The first kappa shape index (κ1) is 23.9. The summed E-state index contributed by atoms with van der Waals surface area (Å²) in [5.41, 5.74) is 2.76. The largest absolute Gasteiger partial charge is 0.497 e. The fourth-order valence-corrected chi connectivity index (χ4v) is 5.93. The molecule has 0 spiro atoms. The Balaban J connectivity index is 0.00000272. The minimum Gasteiger partial charge on any atom is -0.497 e. The number of benzene rings is 2. The molecule has 0 N–H and O–H groups in total. The van der Waals surface area contributed by atoms with Crippen LogP contribution in [0.4, 0.5) is 0 Å². The number of rotatable bonds is 6. The zero-order valence-corrected chi connectivity index (χ0v) is 19.8. The smallest absolute Gasteiger partial charge is 0.243 e. The monoisotopic (exact) mass is 466 g/mol. The molecule has 0 atom stereocenters. The van der Waals surface area contributed by atoms with Gasteiger partial charge < -0.3 is 9.47 Å². The minimum absolute atomic E-state index is 0. The molecule has 2 aromatic carbocycles. The van der Waals surface area contributed by atoms with Crippen molar-refractivity contribution in [2.24, 2.45) is 5.92 Å². The van der Waals surface area contributed by atoms with Gasteiger partial charge in [0.25, 0.3) is 0 Å². The third-order valence-corrected chi connectivity index (χ3v) is 8.20. The maximum absolute atomic E-state index is 12.9. The molecule has 0 radical (unpaired) electrons. The Bertz CT molecular complexity index is 974. The van der Waals surface area contributed by atoms with E-state index < -0.39 is 10.0 Å². The van der Waals surface area contributed by atoms with Gasteiger partial charge in [0.05, 0.1) is 19.1 Å². The van der Waals surface area contributed by atoms with Crippen molar-refractivity contribution < 1.29 is 17.9 Å². The molecule has 0 aliphatic carbocycles. The van der Waals surface area contributed by atoms with Gasteiger partial charge in [-0.15, -0.1) is 12.4 Å². The summed E-state index contributed by atoms with van der Waals surface area (Å²) in [6, 6.07) is 13.0. The number of hydrogen-bond acceptors (Lipinski definition) is 5. The normalized spacial score (nSPS) is 18.1. The Morgan fingerprint density at radius 1 is 0.903 bits per heavy atom. The Labute approximate surface area is 191 Å². The van der Waals surface area contributed by atoms with Gasteiger partial charge in [-0.05, 0) is 72.7 Å². The fourth-order valence-electron chi connectivity index (χ4n) is 4.46. The second-order valence-electron chi connectivity index (χ2n) is 8.14. The van der Waals surface area contributed by atoms with Crippen molar-refractivity contribution in [3.8, 4) is 11.5 Å². The summed E-state index contributed by atoms with van der Waals surface area (Å²) >= 11 is 0. The van der Waals surface area contributed by atoms with E-state index in [1.54, 1.807) is 42.8 Å². The predicted octanol–water partition coefficient (Wildman–Crippen LogP) is 3.58. The van der Waals surface area contributed by atoms with E-state index in [1.165, 1.54) is 11.1 Å². The SMILES string of the molecule is COc1ccc(S(=O)(=O)N2CCC(CN3CCc4cc(OC)ccc4C3)CC2)cc1.Cl. The van der Waals surface area contributed by atoms with Gasteiger partial charge in [0.1, 0.15) is 11.5 Å². The van der Waals surface area contributed by atoms with Crippen LogP contribution in [0.5, 0.6) is 11.5 Å². The van der Waals surface area contributed by atoms with Crippen LogP contribution in [0.1, 0.15) is 24.0 Å². The molecular weight excluding hydrogens is 436 g/mol. The molecule has 31 heavy (non-hydrogen) atoms. The molecule has 2 aliphatic heterocycles. The van der Waals surface area contributed by atoms with Crippen LogP contribution in [0.15, 0.2) is 47.4 Å². The highest BCUT2D eigenvalue weighted by atomic mass is 35.5. The van der Waals surface area contributed by atoms with E-state index in [0.717, 1.165) is 44.6 Å². The Kier molecular flexibility index (Phi) is 7.86. The summed E-state index contributed by atoms with van der Waals surface area (Å²) in [7, 11) is -0.156. The van der Waals surface area contributed by atoms with Gasteiger partial charge in [-0.3, -0.25) is 4.90 Å². The highest BCUT2D eigenvalue weighted by Gasteiger charge is 2.30. The number of halogens is 1. The number of nitrogens with zero attached hydrogens (tertiary/aromatic N) is 2. The lowest BCUT2D eigenvalue weighted by atomic mass is 9.94. The number of methoxy groups -OCH3 is 2. The van der Waals surface area contributed by atoms with Gasteiger partial charge in [-0.1, -0.05) is 6.07 Å². The molecular formula is C23H31ClN2O4S. The number of hydrogen-bond donors (Lipinski definition) is 0. The quantitative estimate of drug-likeness (QED) is 0.651. The number of ether oxygens (including phenoxy) is 2. The molecule has 0 amide bonds. The van der Waals surface area contributed by atoms with Crippen LogP contribution in [-0.2, 0) is 23.0 Å². The molecule has 170 valence electrons. The summed E-state index contributed by atoms with van der Waals surface area (Å²) < 4.78 is 38.0. The standard InChI is InChI=1S/C23H30N2O4S.ClH/c1-28-21-5-7-23(8-6-21)30(26,27)25-13-9-18(10-14-25)16-24-12-11-19-15-22(29-2)4-3-20(19)17-24;/h3-8,15,18H,9-14,16-17H2,1-2H3;1H. The fraction of sp³-hybridized carbons (Fsp3) is 0.478. The molecule has 1 fully saturated rings. The highest BCUT2D eigenvalue weighted by molar-refractivity contribution is 7.89. The second kappa shape index (κ2) is 10.2. The number of sulfonamides is 1. The molecule has 0 unspecified atom stereocenters. The van der Waals surface area contributed by atoms with Crippen LogP contribution in [0.2, 0.25) is 0 Å². The maximum Gasteiger partial charge on any atom is 0.243 e. The topological polar surface area (TPSA) is 59.1 Å². The summed E-state index contributed by atoms with van der Waals surface area (Å²) in [4.78, 5) is 2.84. The van der Waals surface area contributed by atoms with E-state index in [1.807, 2.05) is 6.07 Å². The van der Waals surface area contributed by atoms with Crippen molar-refractivity contribution in [2.75, 3.05) is 40.4 Å². The van der Waals surface area contributed by atoms with E-state index >= 15 is 0 Å². The van der Waals surface area contributed by atoms with Crippen molar-refractivity contribution in [3.63, 3.8) is 0 Å². The minimum atomic E-state index is -3.44. The van der Waals surface area contributed by atoms with Crippen LogP contribution in [0.25, 0.3) is 0 Å². The summed E-state index contributed by atoms with van der Waals surface area (Å²) in [5.74, 6) is 2.12. The lowest BCUT2D eigenvalue weighted by Gasteiger charge is -2.36. The third-order valence-electron chi connectivity index (χ3n) is 6.29. The van der Waals surface area contributed by atoms with Gasteiger partial charge in [-0.25, -0.2) is 8.42 Å². The zero-order chi connectivity index (χ0) is 21.1. The predicted molar refractivity (Wildman–Crippen MR) is 124 cm³/mol. The Hall–Kier alpha value is -1.80. The van der Waals surface area contributed by atoms with Crippen molar-refractivity contribution in [1.29, 1.82) is 0 Å². The van der Waals surface area contributed by atoms with Crippen molar-refractivity contribution >= 4 is 22.4 Å². The molecule has 2 heterocycles. The second-order valence-corrected chi connectivity index (χ2v) is 10.1. The molecule has 0 bridgehead atoms. The first-order valence-corrected chi connectivity index (χ1v) is 12.0. The van der Waals surface area contributed by atoms with E-state index in [-0.39, 0.29) is 12.4 Å². The van der Waals surface area contributed by atoms with Gasteiger partial charge >= 0.3 is 0 Å².